The van der Waals surface area contributed by atoms with Gasteiger partial charge in [-0.15, -0.1) is 11.3 Å². The lowest BCUT2D eigenvalue weighted by atomic mass is 9.67. The summed E-state index contributed by atoms with van der Waals surface area (Å²) in [4.78, 5) is 7.90. The molecule has 3 heterocycles. The molecule has 0 unspecified atom stereocenters. The van der Waals surface area contributed by atoms with E-state index >= 15 is 0 Å². The van der Waals surface area contributed by atoms with Crippen LogP contribution in [-0.4, -0.2) is 0 Å². The molecule has 4 heteroatoms. The number of thiophene rings is 1. The Kier molecular flexibility index (Phi) is 7.73. The van der Waals surface area contributed by atoms with Crippen LogP contribution in [0.3, 0.4) is 0 Å². The van der Waals surface area contributed by atoms with Crippen molar-refractivity contribution >= 4 is 72.1 Å². The molecular formula is C62H37NS3. The molecule has 0 amide bonds. The molecule has 2 spiro atoms. The maximum atomic E-state index is 2.66. The van der Waals surface area contributed by atoms with Crippen LogP contribution in [0.25, 0.3) is 42.4 Å². The van der Waals surface area contributed by atoms with Gasteiger partial charge in [0.2, 0.25) is 0 Å². The summed E-state index contributed by atoms with van der Waals surface area (Å²) < 4.78 is 2.58. The highest BCUT2D eigenvalue weighted by Gasteiger charge is 2.53. The molecule has 0 N–H and O–H groups in total. The molecule has 308 valence electrons. The van der Waals surface area contributed by atoms with Crippen molar-refractivity contribution in [2.75, 3.05) is 4.90 Å². The molecule has 0 atom stereocenters. The van der Waals surface area contributed by atoms with Gasteiger partial charge in [-0.3, -0.25) is 0 Å². The van der Waals surface area contributed by atoms with Gasteiger partial charge in [-0.25, -0.2) is 0 Å². The van der Waals surface area contributed by atoms with E-state index in [-0.39, 0.29) is 0 Å². The average Bonchev–Trinajstić information content (AvgIpc) is 4.01. The summed E-state index contributed by atoms with van der Waals surface area (Å²) in [6.07, 6.45) is 0. The van der Waals surface area contributed by atoms with Gasteiger partial charge in [-0.2, -0.15) is 0 Å². The average molecular weight is 892 g/mol. The first kappa shape index (κ1) is 37.2. The van der Waals surface area contributed by atoms with Crippen LogP contribution in [0.1, 0.15) is 44.5 Å². The van der Waals surface area contributed by atoms with Crippen molar-refractivity contribution in [3.8, 4) is 22.3 Å². The van der Waals surface area contributed by atoms with Crippen LogP contribution >= 0.6 is 34.9 Å². The SMILES string of the molecule is c1ccc2c(c1)Sc1ccccc1C21c2ccccc2-c2c(N(c3cccc4c3-c3ccccc3C43c4ccccc4Sc4ccccc43)c3cccc4c3sc3ccccc34)cccc21. The fraction of sp³-hybridized carbons (Fsp3) is 0.0323. The van der Waals surface area contributed by atoms with E-state index in [1.165, 1.54) is 124 Å². The van der Waals surface area contributed by atoms with E-state index in [2.05, 4.69) is 229 Å². The second-order valence-electron chi connectivity index (χ2n) is 17.8. The lowest BCUT2D eigenvalue weighted by molar-refractivity contribution is 0.722. The minimum absolute atomic E-state index is 0.502. The quantitative estimate of drug-likeness (QED) is 0.174. The normalized spacial score (nSPS) is 14.8. The summed E-state index contributed by atoms with van der Waals surface area (Å²) in [6.45, 7) is 0. The number of hydrogen-bond acceptors (Lipinski definition) is 4. The summed E-state index contributed by atoms with van der Waals surface area (Å²) in [7, 11) is 0. The molecule has 0 radical (unpaired) electrons. The molecule has 0 bridgehead atoms. The molecule has 1 nitrogen and oxygen atoms in total. The molecule has 0 saturated heterocycles. The van der Waals surface area contributed by atoms with Crippen molar-refractivity contribution in [2.24, 2.45) is 0 Å². The molecule has 4 aliphatic rings. The topological polar surface area (TPSA) is 3.24 Å². The van der Waals surface area contributed by atoms with Crippen molar-refractivity contribution in [1.82, 2.24) is 0 Å². The number of fused-ring (bicyclic) bond motifs is 21. The monoisotopic (exact) mass is 891 g/mol. The Morgan fingerprint density at radius 2 is 0.652 bits per heavy atom. The molecule has 1 aromatic heterocycles. The first-order chi connectivity index (χ1) is 32.8. The van der Waals surface area contributed by atoms with Gasteiger partial charge >= 0.3 is 0 Å². The van der Waals surface area contributed by atoms with Gasteiger partial charge in [0, 0.05) is 46.2 Å². The van der Waals surface area contributed by atoms with Gasteiger partial charge in [0.15, 0.2) is 0 Å². The standard InChI is InChI=1S/C62H37NS3/c1-4-22-42-40(19-1)58-48(61(42)44-24-6-11-34-54(44)64-55-35-12-7-25-45(55)61)28-16-30-50(58)63(52-32-15-21-39-38-18-3-10-33-53(38)66-60(39)52)51-31-17-29-49-59(51)41-20-2-5-23-43(41)62(49)46-26-8-13-36-56(46)65-57-37-14-9-27-47(57)62/h1-37H. The third-order valence-electron chi connectivity index (χ3n) is 14.8. The van der Waals surface area contributed by atoms with Gasteiger partial charge in [0.25, 0.3) is 0 Å². The van der Waals surface area contributed by atoms with E-state index in [1.54, 1.807) is 0 Å². The first-order valence-electron chi connectivity index (χ1n) is 22.7. The zero-order chi connectivity index (χ0) is 43.1. The molecule has 2 aliphatic heterocycles. The molecule has 2 aliphatic carbocycles. The van der Waals surface area contributed by atoms with Crippen LogP contribution in [0, 0.1) is 0 Å². The molecule has 0 fully saturated rings. The van der Waals surface area contributed by atoms with Crippen molar-refractivity contribution in [3.05, 3.63) is 269 Å². The molecule has 11 aromatic rings. The minimum atomic E-state index is -0.502. The number of hydrogen-bond donors (Lipinski definition) is 0. The Balaban J connectivity index is 1.09. The summed E-state index contributed by atoms with van der Waals surface area (Å²) >= 11 is 5.70. The van der Waals surface area contributed by atoms with E-state index in [0.717, 1.165) is 0 Å². The molecular weight excluding hydrogens is 855 g/mol. The fourth-order valence-corrected chi connectivity index (χ4v) is 16.0. The maximum Gasteiger partial charge on any atom is 0.0736 e. The Bertz CT molecular complexity index is 3590. The van der Waals surface area contributed by atoms with Gasteiger partial charge in [-0.1, -0.05) is 199 Å². The lowest BCUT2D eigenvalue weighted by Gasteiger charge is -2.40. The molecule has 10 aromatic carbocycles. The van der Waals surface area contributed by atoms with Crippen LogP contribution in [0.15, 0.2) is 244 Å². The molecule has 66 heavy (non-hydrogen) atoms. The predicted molar refractivity (Wildman–Crippen MR) is 277 cm³/mol. The van der Waals surface area contributed by atoms with Crippen molar-refractivity contribution in [2.45, 2.75) is 30.4 Å². The second-order valence-corrected chi connectivity index (χ2v) is 21.0. The highest BCUT2D eigenvalue weighted by molar-refractivity contribution is 7.99. The van der Waals surface area contributed by atoms with Crippen molar-refractivity contribution in [1.29, 1.82) is 0 Å². The summed E-state index contributed by atoms with van der Waals surface area (Å²) in [5.74, 6) is 0. The Hall–Kier alpha value is -7.08. The molecule has 15 rings (SSSR count). The Morgan fingerprint density at radius 1 is 0.288 bits per heavy atom. The molecule has 0 saturated carbocycles. The minimum Gasteiger partial charge on any atom is -0.308 e. The van der Waals surface area contributed by atoms with E-state index in [1.807, 2.05) is 34.9 Å². The third-order valence-corrected chi connectivity index (χ3v) is 18.3. The van der Waals surface area contributed by atoms with E-state index in [0.29, 0.717) is 0 Å². The van der Waals surface area contributed by atoms with Crippen LogP contribution < -0.4 is 4.90 Å². The summed E-state index contributed by atoms with van der Waals surface area (Å²) in [6, 6.07) is 85.2. The van der Waals surface area contributed by atoms with Crippen molar-refractivity contribution < 1.29 is 0 Å². The second kappa shape index (κ2) is 13.7. The number of rotatable bonds is 3. The first-order valence-corrected chi connectivity index (χ1v) is 25.1. The smallest absolute Gasteiger partial charge is 0.0736 e. The zero-order valence-electron chi connectivity index (χ0n) is 35.5. The number of anilines is 3. The summed E-state index contributed by atoms with van der Waals surface area (Å²) in [5.41, 5.74) is 18.4. The third kappa shape index (κ3) is 4.64. The predicted octanol–water partition coefficient (Wildman–Crippen LogP) is 17.2. The Morgan fingerprint density at radius 3 is 1.15 bits per heavy atom. The van der Waals surface area contributed by atoms with E-state index in [4.69, 9.17) is 0 Å². The van der Waals surface area contributed by atoms with Gasteiger partial charge in [0.05, 0.1) is 32.6 Å². The number of nitrogens with zero attached hydrogens (tertiary/aromatic N) is 1. The highest BCUT2D eigenvalue weighted by Crippen LogP contribution is 2.67. The van der Waals surface area contributed by atoms with E-state index in [9.17, 15) is 0 Å². The lowest BCUT2D eigenvalue weighted by Crippen LogP contribution is -2.32. The zero-order valence-corrected chi connectivity index (χ0v) is 38.0. The van der Waals surface area contributed by atoms with Crippen LogP contribution in [-0.2, 0) is 10.8 Å². The highest BCUT2D eigenvalue weighted by atomic mass is 32.2. The summed E-state index contributed by atoms with van der Waals surface area (Å²) in [5, 5.41) is 2.58. The fourth-order valence-electron chi connectivity index (χ4n) is 12.4. The van der Waals surface area contributed by atoms with Gasteiger partial charge < -0.3 is 4.90 Å². The van der Waals surface area contributed by atoms with Crippen LogP contribution in [0.5, 0.6) is 0 Å². The van der Waals surface area contributed by atoms with Gasteiger partial charge in [0.1, 0.15) is 0 Å². The van der Waals surface area contributed by atoms with Crippen molar-refractivity contribution in [3.63, 3.8) is 0 Å². The number of benzene rings is 10. The Labute approximate surface area is 396 Å². The van der Waals surface area contributed by atoms with Gasteiger partial charge in [-0.05, 0) is 104 Å². The van der Waals surface area contributed by atoms with E-state index < -0.39 is 10.8 Å². The van der Waals surface area contributed by atoms with Crippen LogP contribution in [0.2, 0.25) is 0 Å². The van der Waals surface area contributed by atoms with Crippen LogP contribution in [0.4, 0.5) is 17.1 Å². The largest absolute Gasteiger partial charge is 0.308 e. The maximum absolute atomic E-state index is 2.66.